The van der Waals surface area contributed by atoms with Crippen LogP contribution in [0.2, 0.25) is 0 Å². The van der Waals surface area contributed by atoms with E-state index in [0.29, 0.717) is 12.2 Å². The van der Waals surface area contributed by atoms with E-state index in [4.69, 9.17) is 4.74 Å². The predicted molar refractivity (Wildman–Crippen MR) is 90.2 cm³/mol. The molecule has 0 aliphatic carbocycles. The van der Waals surface area contributed by atoms with Gasteiger partial charge in [-0.05, 0) is 35.9 Å². The second-order valence-corrected chi connectivity index (χ2v) is 5.01. The smallest absolute Gasteiger partial charge is 0.185 e. The summed E-state index contributed by atoms with van der Waals surface area (Å²) in [6.45, 7) is 0.672. The first-order valence-electron chi connectivity index (χ1n) is 6.91. The van der Waals surface area contributed by atoms with Gasteiger partial charge in [0, 0.05) is 5.56 Å². The van der Waals surface area contributed by atoms with Crippen LogP contribution in [0, 0.1) is 0 Å². The highest BCUT2D eigenvalue weighted by Crippen LogP contribution is 2.14. The zero-order chi connectivity index (χ0) is 14.9. The van der Waals surface area contributed by atoms with Crippen LogP contribution in [0.5, 0.6) is 5.75 Å². The zero-order valence-corrected chi connectivity index (χ0v) is 12.6. The Morgan fingerprint density at radius 1 is 1.05 bits per heavy atom. The Morgan fingerprint density at radius 2 is 1.76 bits per heavy atom. The Morgan fingerprint density at radius 3 is 2.43 bits per heavy atom. The van der Waals surface area contributed by atoms with Gasteiger partial charge in [-0.15, -0.1) is 0 Å². The van der Waals surface area contributed by atoms with Crippen LogP contribution in [0.1, 0.15) is 22.3 Å². The van der Waals surface area contributed by atoms with Gasteiger partial charge in [0.05, 0.1) is 6.61 Å². The summed E-state index contributed by atoms with van der Waals surface area (Å²) in [4.78, 5) is 11.9. The summed E-state index contributed by atoms with van der Waals surface area (Å²) in [6.07, 6.45) is 4.33. The molecule has 0 heterocycles. The van der Waals surface area contributed by atoms with Crippen LogP contribution < -0.4 is 4.74 Å². The van der Waals surface area contributed by atoms with E-state index < -0.39 is 0 Å². The van der Waals surface area contributed by atoms with E-state index in [1.807, 2.05) is 60.7 Å². The minimum atomic E-state index is 0.00436. The van der Waals surface area contributed by atoms with Crippen molar-refractivity contribution in [3.8, 4) is 5.75 Å². The molecule has 0 amide bonds. The molecule has 3 heteroatoms. The molecule has 0 atom stereocenters. The SMILES string of the molecule is O=C(/C=C/c1ccc(OCCCS)cc1)c1ccccc1. The summed E-state index contributed by atoms with van der Waals surface area (Å²) in [5.41, 5.74) is 1.67. The monoisotopic (exact) mass is 298 g/mol. The van der Waals surface area contributed by atoms with Crippen LogP contribution in [0.25, 0.3) is 6.08 Å². The zero-order valence-electron chi connectivity index (χ0n) is 11.7. The standard InChI is InChI=1S/C18H18O2S/c19-18(16-5-2-1-3-6-16)12-9-15-7-10-17(11-8-15)20-13-4-14-21/h1-3,5-12,21H,4,13-14H2/b12-9+. The molecule has 0 aliphatic heterocycles. The molecule has 0 spiro atoms. The van der Waals surface area contributed by atoms with Gasteiger partial charge in [-0.1, -0.05) is 48.5 Å². The number of ketones is 1. The summed E-state index contributed by atoms with van der Waals surface area (Å²) >= 11 is 4.14. The molecular formula is C18H18O2S. The third kappa shape index (κ3) is 5.12. The first-order valence-corrected chi connectivity index (χ1v) is 7.54. The second kappa shape index (κ2) is 8.32. The second-order valence-electron chi connectivity index (χ2n) is 4.56. The maximum atomic E-state index is 11.9. The number of carbonyl (C=O) groups is 1. The molecular weight excluding hydrogens is 280 g/mol. The van der Waals surface area contributed by atoms with Crippen molar-refractivity contribution in [3.05, 3.63) is 71.8 Å². The molecule has 0 radical (unpaired) electrons. The predicted octanol–water partition coefficient (Wildman–Crippen LogP) is 4.28. The normalized spacial score (nSPS) is 10.7. The lowest BCUT2D eigenvalue weighted by Gasteiger charge is -2.04. The van der Waals surface area contributed by atoms with Gasteiger partial charge in [-0.25, -0.2) is 0 Å². The van der Waals surface area contributed by atoms with E-state index in [1.54, 1.807) is 6.08 Å². The summed E-state index contributed by atoms with van der Waals surface area (Å²) in [5.74, 6) is 1.66. The average Bonchev–Trinajstić information content (AvgIpc) is 2.55. The van der Waals surface area contributed by atoms with E-state index in [2.05, 4.69) is 12.6 Å². The van der Waals surface area contributed by atoms with E-state index in [-0.39, 0.29) is 5.78 Å². The number of carbonyl (C=O) groups excluding carboxylic acids is 1. The van der Waals surface area contributed by atoms with Gasteiger partial charge in [0.2, 0.25) is 0 Å². The third-order valence-corrected chi connectivity index (χ3v) is 3.25. The molecule has 0 bridgehead atoms. The molecule has 2 nitrogen and oxygen atoms in total. The quantitative estimate of drug-likeness (QED) is 0.357. The van der Waals surface area contributed by atoms with Gasteiger partial charge in [-0.2, -0.15) is 12.6 Å². The number of ether oxygens (including phenoxy) is 1. The highest BCUT2D eigenvalue weighted by molar-refractivity contribution is 7.80. The summed E-state index contributed by atoms with van der Waals surface area (Å²) in [5, 5.41) is 0. The highest BCUT2D eigenvalue weighted by atomic mass is 32.1. The molecule has 2 aromatic carbocycles. The molecule has 108 valence electrons. The Balaban J connectivity index is 1.93. The van der Waals surface area contributed by atoms with Crippen molar-refractivity contribution in [3.63, 3.8) is 0 Å². The maximum Gasteiger partial charge on any atom is 0.185 e. The molecule has 0 aliphatic rings. The fraction of sp³-hybridized carbons (Fsp3) is 0.167. The van der Waals surface area contributed by atoms with Crippen LogP contribution in [-0.4, -0.2) is 18.1 Å². The molecule has 0 fully saturated rings. The number of hydrogen-bond donors (Lipinski definition) is 1. The number of allylic oxidation sites excluding steroid dienone is 1. The van der Waals surface area contributed by atoms with Crippen LogP contribution >= 0.6 is 12.6 Å². The number of benzene rings is 2. The first kappa shape index (κ1) is 15.4. The molecule has 0 aromatic heterocycles. The van der Waals surface area contributed by atoms with E-state index in [1.165, 1.54) is 0 Å². The van der Waals surface area contributed by atoms with E-state index >= 15 is 0 Å². The summed E-state index contributed by atoms with van der Waals surface area (Å²) in [7, 11) is 0. The van der Waals surface area contributed by atoms with Gasteiger partial charge in [0.25, 0.3) is 0 Å². The van der Waals surface area contributed by atoms with Gasteiger partial charge < -0.3 is 4.74 Å². The third-order valence-electron chi connectivity index (χ3n) is 2.94. The lowest BCUT2D eigenvalue weighted by Crippen LogP contribution is -1.97. The lowest BCUT2D eigenvalue weighted by molar-refractivity contribution is 0.104. The first-order chi connectivity index (χ1) is 10.3. The number of thiol groups is 1. The van der Waals surface area contributed by atoms with Gasteiger partial charge in [0.15, 0.2) is 5.78 Å². The molecule has 2 rings (SSSR count). The van der Waals surface area contributed by atoms with Crippen molar-refractivity contribution in [2.75, 3.05) is 12.4 Å². The molecule has 0 saturated heterocycles. The number of hydrogen-bond acceptors (Lipinski definition) is 3. The van der Waals surface area contributed by atoms with Crippen molar-refractivity contribution >= 4 is 24.5 Å². The molecule has 0 saturated carbocycles. The fourth-order valence-electron chi connectivity index (χ4n) is 1.80. The summed E-state index contributed by atoms with van der Waals surface area (Å²) in [6, 6.07) is 16.9. The lowest BCUT2D eigenvalue weighted by atomic mass is 10.1. The maximum absolute atomic E-state index is 11.9. The minimum Gasteiger partial charge on any atom is -0.494 e. The molecule has 0 N–H and O–H groups in total. The number of rotatable bonds is 7. The van der Waals surface area contributed by atoms with Gasteiger partial charge >= 0.3 is 0 Å². The highest BCUT2D eigenvalue weighted by Gasteiger charge is 1.99. The fourth-order valence-corrected chi connectivity index (χ4v) is 1.93. The Kier molecular flexibility index (Phi) is 6.10. The molecule has 21 heavy (non-hydrogen) atoms. The van der Waals surface area contributed by atoms with E-state index in [0.717, 1.165) is 23.5 Å². The van der Waals surface area contributed by atoms with Gasteiger partial charge in [0.1, 0.15) is 5.75 Å². The van der Waals surface area contributed by atoms with Crippen molar-refractivity contribution in [2.45, 2.75) is 6.42 Å². The van der Waals surface area contributed by atoms with Crippen molar-refractivity contribution < 1.29 is 9.53 Å². The van der Waals surface area contributed by atoms with Crippen molar-refractivity contribution in [2.24, 2.45) is 0 Å². The summed E-state index contributed by atoms with van der Waals surface area (Å²) < 4.78 is 5.56. The van der Waals surface area contributed by atoms with E-state index in [9.17, 15) is 4.79 Å². The van der Waals surface area contributed by atoms with Crippen molar-refractivity contribution in [1.29, 1.82) is 0 Å². The Bertz CT molecular complexity index is 588. The largest absolute Gasteiger partial charge is 0.494 e. The topological polar surface area (TPSA) is 26.3 Å². The van der Waals surface area contributed by atoms with Crippen LogP contribution in [-0.2, 0) is 0 Å². The van der Waals surface area contributed by atoms with Crippen LogP contribution in [0.4, 0.5) is 0 Å². The molecule has 2 aromatic rings. The van der Waals surface area contributed by atoms with Gasteiger partial charge in [-0.3, -0.25) is 4.79 Å². The van der Waals surface area contributed by atoms with Crippen LogP contribution in [0.15, 0.2) is 60.7 Å². The molecule has 0 unspecified atom stereocenters. The Labute approximate surface area is 130 Å². The minimum absolute atomic E-state index is 0.00436. The van der Waals surface area contributed by atoms with Crippen molar-refractivity contribution in [1.82, 2.24) is 0 Å². The average molecular weight is 298 g/mol. The Hall–Kier alpha value is -2.00. The van der Waals surface area contributed by atoms with Crippen LogP contribution in [0.3, 0.4) is 0 Å².